The first-order chi connectivity index (χ1) is 9.24. The van der Waals surface area contributed by atoms with Gasteiger partial charge in [-0.3, -0.25) is 9.78 Å². The van der Waals surface area contributed by atoms with Crippen LogP contribution in [0.5, 0.6) is 0 Å². The molecular weight excluding hydrogens is 262 g/mol. The van der Waals surface area contributed by atoms with Gasteiger partial charge in [-0.05, 0) is 29.8 Å². The molecule has 0 bridgehead atoms. The van der Waals surface area contributed by atoms with E-state index in [-0.39, 0.29) is 12.3 Å². The topological polar surface area (TPSA) is 54.4 Å². The van der Waals surface area contributed by atoms with Gasteiger partial charge < -0.3 is 0 Å². The van der Waals surface area contributed by atoms with Gasteiger partial charge in [-0.25, -0.2) is 5.43 Å². The summed E-state index contributed by atoms with van der Waals surface area (Å²) in [5.74, 6) is -0.186. The van der Waals surface area contributed by atoms with Crippen molar-refractivity contribution in [3.8, 4) is 0 Å². The number of carbonyl (C=O) groups is 1. The first-order valence-electron chi connectivity index (χ1n) is 5.71. The summed E-state index contributed by atoms with van der Waals surface area (Å²) < 4.78 is 0. The summed E-state index contributed by atoms with van der Waals surface area (Å²) in [6, 6.07) is 12.6. The SMILES string of the molecule is O=C(Cc1ccc(Cl)cc1)NN=Cc1ccccn1. The molecule has 1 aromatic carbocycles. The third-order valence-electron chi connectivity index (χ3n) is 2.35. The first kappa shape index (κ1) is 13.2. The van der Waals surface area contributed by atoms with Gasteiger partial charge in [0.25, 0.3) is 0 Å². The summed E-state index contributed by atoms with van der Waals surface area (Å²) in [5.41, 5.74) is 4.03. The number of carbonyl (C=O) groups excluding carboxylic acids is 1. The van der Waals surface area contributed by atoms with E-state index < -0.39 is 0 Å². The average Bonchev–Trinajstić information content (AvgIpc) is 2.43. The van der Waals surface area contributed by atoms with Gasteiger partial charge in [-0.2, -0.15) is 5.10 Å². The molecule has 5 heteroatoms. The van der Waals surface area contributed by atoms with Crippen LogP contribution < -0.4 is 5.43 Å². The monoisotopic (exact) mass is 273 g/mol. The molecule has 0 aliphatic rings. The van der Waals surface area contributed by atoms with E-state index in [9.17, 15) is 4.79 Å². The summed E-state index contributed by atoms with van der Waals surface area (Å²) in [5, 5.41) is 4.49. The zero-order valence-electron chi connectivity index (χ0n) is 10.1. The van der Waals surface area contributed by atoms with Crippen LogP contribution in [0, 0.1) is 0 Å². The third-order valence-corrected chi connectivity index (χ3v) is 2.60. The summed E-state index contributed by atoms with van der Waals surface area (Å²) in [6.45, 7) is 0. The van der Waals surface area contributed by atoms with Crippen LogP contribution in [0.3, 0.4) is 0 Å². The Balaban J connectivity index is 1.85. The zero-order chi connectivity index (χ0) is 13.5. The Labute approximate surface area is 116 Å². The van der Waals surface area contributed by atoms with E-state index in [1.807, 2.05) is 24.3 Å². The highest BCUT2D eigenvalue weighted by Crippen LogP contribution is 2.09. The number of aromatic nitrogens is 1. The molecule has 0 spiro atoms. The Morgan fingerprint density at radius 2 is 2.05 bits per heavy atom. The molecule has 19 heavy (non-hydrogen) atoms. The molecule has 0 saturated heterocycles. The van der Waals surface area contributed by atoms with E-state index in [0.717, 1.165) is 5.56 Å². The molecule has 0 aliphatic heterocycles. The van der Waals surface area contributed by atoms with Crippen LogP contribution in [-0.2, 0) is 11.2 Å². The number of benzene rings is 1. The lowest BCUT2D eigenvalue weighted by atomic mass is 10.1. The Morgan fingerprint density at radius 3 is 2.74 bits per heavy atom. The van der Waals surface area contributed by atoms with Gasteiger partial charge in [0.2, 0.25) is 5.91 Å². The summed E-state index contributed by atoms with van der Waals surface area (Å²) in [7, 11) is 0. The van der Waals surface area contributed by atoms with E-state index in [1.54, 1.807) is 24.4 Å². The van der Waals surface area contributed by atoms with Crippen LogP contribution >= 0.6 is 11.6 Å². The molecule has 2 rings (SSSR count). The number of rotatable bonds is 4. The molecule has 1 N–H and O–H groups in total. The molecule has 1 heterocycles. The van der Waals surface area contributed by atoms with Crippen molar-refractivity contribution in [1.29, 1.82) is 0 Å². The summed E-state index contributed by atoms with van der Waals surface area (Å²) in [4.78, 5) is 15.7. The number of amides is 1. The van der Waals surface area contributed by atoms with Gasteiger partial charge in [0, 0.05) is 11.2 Å². The standard InChI is InChI=1S/C14H12ClN3O/c15-12-6-4-11(5-7-12)9-14(19)18-17-10-13-3-1-2-8-16-13/h1-8,10H,9H2,(H,18,19). The largest absolute Gasteiger partial charge is 0.273 e. The number of pyridine rings is 1. The highest BCUT2D eigenvalue weighted by Gasteiger charge is 2.01. The molecule has 0 radical (unpaired) electrons. The molecule has 0 saturated carbocycles. The van der Waals surface area contributed by atoms with Crippen LogP contribution in [-0.4, -0.2) is 17.1 Å². The van der Waals surface area contributed by atoms with E-state index in [2.05, 4.69) is 15.5 Å². The predicted octanol–water partition coefficient (Wildman–Crippen LogP) is 2.43. The highest BCUT2D eigenvalue weighted by molar-refractivity contribution is 6.30. The first-order valence-corrected chi connectivity index (χ1v) is 6.09. The van der Waals surface area contributed by atoms with Gasteiger partial charge in [-0.1, -0.05) is 29.8 Å². The molecule has 1 aromatic heterocycles. The minimum atomic E-state index is -0.186. The van der Waals surface area contributed by atoms with E-state index in [1.165, 1.54) is 6.21 Å². The minimum absolute atomic E-state index is 0.186. The van der Waals surface area contributed by atoms with Crippen LogP contribution in [0.2, 0.25) is 5.02 Å². The minimum Gasteiger partial charge on any atom is -0.273 e. The Hall–Kier alpha value is -2.20. The second-order valence-electron chi connectivity index (χ2n) is 3.85. The zero-order valence-corrected chi connectivity index (χ0v) is 10.8. The Bertz CT molecular complexity index is 567. The van der Waals surface area contributed by atoms with Gasteiger partial charge >= 0.3 is 0 Å². The molecule has 1 amide bonds. The quantitative estimate of drug-likeness (QED) is 0.687. The molecule has 4 nitrogen and oxygen atoms in total. The van der Waals surface area contributed by atoms with Crippen molar-refractivity contribution >= 4 is 23.7 Å². The van der Waals surface area contributed by atoms with Crippen molar-refractivity contribution in [3.63, 3.8) is 0 Å². The highest BCUT2D eigenvalue weighted by atomic mass is 35.5. The molecule has 96 valence electrons. The van der Waals surface area contributed by atoms with Gasteiger partial charge in [0.05, 0.1) is 18.3 Å². The van der Waals surface area contributed by atoms with E-state index >= 15 is 0 Å². The van der Waals surface area contributed by atoms with Crippen LogP contribution in [0.4, 0.5) is 0 Å². The van der Waals surface area contributed by atoms with Gasteiger partial charge in [0.1, 0.15) is 0 Å². The number of nitrogens with one attached hydrogen (secondary N) is 1. The predicted molar refractivity (Wildman–Crippen MR) is 75.1 cm³/mol. The Kier molecular flexibility index (Phi) is 4.64. The summed E-state index contributed by atoms with van der Waals surface area (Å²) in [6.07, 6.45) is 3.42. The number of hydrazone groups is 1. The van der Waals surface area contributed by atoms with Crippen LogP contribution in [0.1, 0.15) is 11.3 Å². The molecule has 0 aliphatic carbocycles. The molecule has 2 aromatic rings. The van der Waals surface area contributed by atoms with Crippen molar-refractivity contribution in [2.24, 2.45) is 5.10 Å². The van der Waals surface area contributed by atoms with Crippen molar-refractivity contribution in [1.82, 2.24) is 10.4 Å². The lowest BCUT2D eigenvalue weighted by Crippen LogP contribution is -2.19. The van der Waals surface area contributed by atoms with Crippen molar-refractivity contribution in [2.45, 2.75) is 6.42 Å². The Morgan fingerprint density at radius 1 is 1.26 bits per heavy atom. The van der Waals surface area contributed by atoms with Crippen LogP contribution in [0.15, 0.2) is 53.8 Å². The number of hydrogen-bond acceptors (Lipinski definition) is 3. The normalized spacial score (nSPS) is 10.6. The smallest absolute Gasteiger partial charge is 0.244 e. The number of hydrogen-bond donors (Lipinski definition) is 1. The molecule has 0 fully saturated rings. The third kappa shape index (κ3) is 4.52. The fourth-order valence-corrected chi connectivity index (χ4v) is 1.58. The second kappa shape index (κ2) is 6.66. The lowest BCUT2D eigenvalue weighted by molar-refractivity contribution is -0.120. The number of halogens is 1. The molecule has 0 unspecified atom stereocenters. The average molecular weight is 274 g/mol. The second-order valence-corrected chi connectivity index (χ2v) is 4.29. The van der Waals surface area contributed by atoms with E-state index in [0.29, 0.717) is 10.7 Å². The maximum Gasteiger partial charge on any atom is 0.244 e. The molecular formula is C14H12ClN3O. The summed E-state index contributed by atoms with van der Waals surface area (Å²) >= 11 is 5.77. The number of nitrogens with zero attached hydrogens (tertiary/aromatic N) is 2. The van der Waals surface area contributed by atoms with Crippen molar-refractivity contribution < 1.29 is 4.79 Å². The fourth-order valence-electron chi connectivity index (χ4n) is 1.45. The van der Waals surface area contributed by atoms with Crippen LogP contribution in [0.25, 0.3) is 0 Å². The maximum atomic E-state index is 11.6. The van der Waals surface area contributed by atoms with Gasteiger partial charge in [0.15, 0.2) is 0 Å². The fraction of sp³-hybridized carbons (Fsp3) is 0.0714. The maximum absolute atomic E-state index is 11.6. The lowest BCUT2D eigenvalue weighted by Gasteiger charge is -2.00. The van der Waals surface area contributed by atoms with E-state index in [4.69, 9.17) is 11.6 Å². The van der Waals surface area contributed by atoms with Crippen molar-refractivity contribution in [3.05, 3.63) is 64.9 Å². The van der Waals surface area contributed by atoms with Gasteiger partial charge in [-0.15, -0.1) is 0 Å². The molecule has 0 atom stereocenters. The van der Waals surface area contributed by atoms with Crippen molar-refractivity contribution in [2.75, 3.05) is 0 Å².